The number of carbonyl (C=O) groups is 1. The maximum absolute atomic E-state index is 11.3. The van der Waals surface area contributed by atoms with Crippen LogP contribution in [-0.4, -0.2) is 31.7 Å². The first-order valence-corrected chi connectivity index (χ1v) is 6.04. The monoisotopic (exact) mass is 249 g/mol. The number of nitrogens with zero attached hydrogens (tertiary/aromatic N) is 1. The summed E-state index contributed by atoms with van der Waals surface area (Å²) in [5.74, 6) is -0.501. The molecule has 2 unspecified atom stereocenters. The van der Waals surface area contributed by atoms with Crippen molar-refractivity contribution < 1.29 is 9.53 Å². The summed E-state index contributed by atoms with van der Waals surface area (Å²) in [6.07, 6.45) is 1.16. The van der Waals surface area contributed by atoms with E-state index in [1.807, 2.05) is 13.1 Å². The molecule has 98 valence electrons. The van der Waals surface area contributed by atoms with Gasteiger partial charge in [-0.2, -0.15) is 0 Å². The van der Waals surface area contributed by atoms with E-state index in [4.69, 9.17) is 16.2 Å². The molecule has 2 atom stereocenters. The lowest BCUT2D eigenvalue weighted by molar-refractivity contribution is 0.100. The van der Waals surface area contributed by atoms with Gasteiger partial charge in [0.25, 0.3) is 5.91 Å². The van der Waals surface area contributed by atoms with Gasteiger partial charge in [-0.05, 0) is 31.5 Å². The van der Waals surface area contributed by atoms with E-state index in [0.717, 1.165) is 18.7 Å². The Balaban J connectivity index is 2.28. The average Bonchev–Trinajstić information content (AvgIpc) is 2.75. The number of anilines is 2. The van der Waals surface area contributed by atoms with Gasteiger partial charge < -0.3 is 21.1 Å². The van der Waals surface area contributed by atoms with Gasteiger partial charge in [-0.1, -0.05) is 0 Å². The van der Waals surface area contributed by atoms with Gasteiger partial charge >= 0.3 is 0 Å². The van der Waals surface area contributed by atoms with Crippen LogP contribution >= 0.6 is 0 Å². The lowest BCUT2D eigenvalue weighted by Crippen LogP contribution is -2.36. The number of primary amides is 1. The number of benzene rings is 1. The fourth-order valence-electron chi connectivity index (χ4n) is 2.40. The summed E-state index contributed by atoms with van der Waals surface area (Å²) in [6, 6.07) is 5.66. The average molecular weight is 249 g/mol. The van der Waals surface area contributed by atoms with Crippen molar-refractivity contribution in [2.75, 3.05) is 24.3 Å². The first-order valence-electron chi connectivity index (χ1n) is 6.04. The van der Waals surface area contributed by atoms with Crippen LogP contribution in [0.2, 0.25) is 0 Å². The highest BCUT2D eigenvalue weighted by Crippen LogP contribution is 2.26. The zero-order chi connectivity index (χ0) is 13.3. The second-order valence-corrected chi connectivity index (χ2v) is 4.68. The Bertz CT molecular complexity index is 462. The number of hydrogen-bond donors (Lipinski definition) is 2. The molecule has 5 nitrogen and oxygen atoms in total. The maximum atomic E-state index is 11.3. The van der Waals surface area contributed by atoms with E-state index >= 15 is 0 Å². The number of hydrogen-bond acceptors (Lipinski definition) is 4. The van der Waals surface area contributed by atoms with Crippen molar-refractivity contribution in [3.05, 3.63) is 23.8 Å². The zero-order valence-electron chi connectivity index (χ0n) is 10.7. The van der Waals surface area contributed by atoms with Crippen LogP contribution in [0.15, 0.2) is 18.2 Å². The zero-order valence-corrected chi connectivity index (χ0v) is 10.7. The summed E-state index contributed by atoms with van der Waals surface area (Å²) >= 11 is 0. The number of carbonyl (C=O) groups excluding carboxylic acids is 1. The van der Waals surface area contributed by atoms with Crippen molar-refractivity contribution >= 4 is 17.3 Å². The summed E-state index contributed by atoms with van der Waals surface area (Å²) in [5, 5.41) is 0. The van der Waals surface area contributed by atoms with Crippen LogP contribution in [0.1, 0.15) is 23.7 Å². The van der Waals surface area contributed by atoms with Crippen molar-refractivity contribution in [2.45, 2.75) is 25.5 Å². The molecule has 1 aromatic rings. The van der Waals surface area contributed by atoms with Gasteiger partial charge in [-0.25, -0.2) is 0 Å². The van der Waals surface area contributed by atoms with Crippen LogP contribution in [-0.2, 0) is 4.74 Å². The van der Waals surface area contributed by atoms with E-state index in [1.165, 1.54) is 0 Å². The standard InChI is InChI=1S/C13H19N3O2/c1-8-12(5-6-18-8)16(2)9-3-4-11(14)10(7-9)13(15)17/h3-4,7-8,12H,5-6,14H2,1-2H3,(H2,15,17). The Hall–Kier alpha value is -1.75. The summed E-state index contributed by atoms with van der Waals surface area (Å²) in [6.45, 7) is 2.83. The minimum atomic E-state index is -0.501. The van der Waals surface area contributed by atoms with Crippen molar-refractivity contribution in [1.82, 2.24) is 0 Å². The molecule has 1 aliphatic rings. The second-order valence-electron chi connectivity index (χ2n) is 4.68. The number of likely N-dealkylation sites (N-methyl/N-ethyl adjacent to an activating group) is 1. The van der Waals surface area contributed by atoms with Gasteiger partial charge in [0.15, 0.2) is 0 Å². The third-order valence-electron chi connectivity index (χ3n) is 3.54. The Morgan fingerprint density at radius 1 is 1.50 bits per heavy atom. The highest BCUT2D eigenvalue weighted by molar-refractivity contribution is 5.99. The highest BCUT2D eigenvalue weighted by atomic mass is 16.5. The van der Waals surface area contributed by atoms with Crippen molar-refractivity contribution in [1.29, 1.82) is 0 Å². The predicted octanol–water partition coefficient (Wildman–Crippen LogP) is 0.981. The lowest BCUT2D eigenvalue weighted by atomic mass is 10.1. The summed E-state index contributed by atoms with van der Waals surface area (Å²) in [4.78, 5) is 13.4. The topological polar surface area (TPSA) is 81.6 Å². The summed E-state index contributed by atoms with van der Waals surface area (Å²) in [7, 11) is 1.99. The van der Waals surface area contributed by atoms with Gasteiger partial charge in [-0.3, -0.25) is 4.79 Å². The molecule has 1 saturated heterocycles. The summed E-state index contributed by atoms with van der Waals surface area (Å²) < 4.78 is 5.55. The molecule has 1 amide bonds. The maximum Gasteiger partial charge on any atom is 0.250 e. The predicted molar refractivity (Wildman–Crippen MR) is 71.6 cm³/mol. The SMILES string of the molecule is CC1OCCC1N(C)c1ccc(N)c(C(N)=O)c1. The molecule has 2 rings (SSSR count). The molecule has 0 saturated carbocycles. The molecule has 1 heterocycles. The first kappa shape index (κ1) is 12.7. The van der Waals surface area contributed by atoms with Gasteiger partial charge in [0.05, 0.1) is 17.7 Å². The first-order chi connectivity index (χ1) is 8.50. The van der Waals surface area contributed by atoms with E-state index in [0.29, 0.717) is 17.3 Å². The van der Waals surface area contributed by atoms with Crippen molar-refractivity contribution in [3.8, 4) is 0 Å². The minimum Gasteiger partial charge on any atom is -0.398 e. The number of nitrogen functional groups attached to an aromatic ring is 1. The Kier molecular flexibility index (Phi) is 3.43. The van der Waals surface area contributed by atoms with Gasteiger partial charge in [0.2, 0.25) is 0 Å². The molecule has 0 aliphatic carbocycles. The van der Waals surface area contributed by atoms with Crippen molar-refractivity contribution in [3.63, 3.8) is 0 Å². The van der Waals surface area contributed by atoms with E-state index in [9.17, 15) is 4.79 Å². The molecule has 1 aliphatic heterocycles. The lowest BCUT2D eigenvalue weighted by Gasteiger charge is -2.29. The van der Waals surface area contributed by atoms with E-state index in [1.54, 1.807) is 12.1 Å². The number of amides is 1. The van der Waals surface area contributed by atoms with E-state index < -0.39 is 5.91 Å². The molecular formula is C13H19N3O2. The van der Waals surface area contributed by atoms with E-state index in [2.05, 4.69) is 11.8 Å². The third kappa shape index (κ3) is 2.26. The largest absolute Gasteiger partial charge is 0.398 e. The van der Waals surface area contributed by atoms with Crippen LogP contribution in [0, 0.1) is 0 Å². The van der Waals surface area contributed by atoms with Crippen LogP contribution in [0.3, 0.4) is 0 Å². The molecule has 18 heavy (non-hydrogen) atoms. The quantitative estimate of drug-likeness (QED) is 0.782. The Labute approximate surface area is 107 Å². The number of nitrogens with two attached hydrogens (primary N) is 2. The molecule has 0 radical (unpaired) electrons. The molecule has 5 heteroatoms. The smallest absolute Gasteiger partial charge is 0.250 e. The van der Waals surface area contributed by atoms with Crippen LogP contribution in [0.5, 0.6) is 0 Å². The fraction of sp³-hybridized carbons (Fsp3) is 0.462. The minimum absolute atomic E-state index is 0.185. The van der Waals surface area contributed by atoms with Gasteiger partial charge in [0, 0.05) is 25.0 Å². The fourth-order valence-corrected chi connectivity index (χ4v) is 2.40. The van der Waals surface area contributed by atoms with Crippen LogP contribution in [0.25, 0.3) is 0 Å². The van der Waals surface area contributed by atoms with Gasteiger partial charge in [-0.15, -0.1) is 0 Å². The molecule has 0 aromatic heterocycles. The molecule has 0 spiro atoms. The third-order valence-corrected chi connectivity index (χ3v) is 3.54. The normalized spacial score (nSPS) is 23.0. The highest BCUT2D eigenvalue weighted by Gasteiger charge is 2.28. The molecule has 0 bridgehead atoms. The van der Waals surface area contributed by atoms with Crippen molar-refractivity contribution in [2.24, 2.45) is 5.73 Å². The van der Waals surface area contributed by atoms with Crippen LogP contribution < -0.4 is 16.4 Å². The number of ether oxygens (including phenoxy) is 1. The second kappa shape index (κ2) is 4.86. The van der Waals surface area contributed by atoms with E-state index in [-0.39, 0.29) is 6.10 Å². The summed E-state index contributed by atoms with van der Waals surface area (Å²) in [5.41, 5.74) is 12.7. The number of rotatable bonds is 3. The Morgan fingerprint density at radius 2 is 2.22 bits per heavy atom. The molecule has 1 aromatic carbocycles. The molecular weight excluding hydrogens is 230 g/mol. The molecule has 1 fully saturated rings. The van der Waals surface area contributed by atoms with Gasteiger partial charge in [0.1, 0.15) is 0 Å². The van der Waals surface area contributed by atoms with Crippen LogP contribution in [0.4, 0.5) is 11.4 Å². The Morgan fingerprint density at radius 3 is 2.78 bits per heavy atom. The molecule has 4 N–H and O–H groups in total.